The minimum Gasteiger partial charge on any atom is -0.497 e. The zero-order chi connectivity index (χ0) is 23.2. The van der Waals surface area contributed by atoms with Crippen molar-refractivity contribution in [2.75, 3.05) is 26.7 Å². The molecule has 2 aromatic carbocycles. The van der Waals surface area contributed by atoms with Gasteiger partial charge in [-0.05, 0) is 61.8 Å². The largest absolute Gasteiger partial charge is 0.497 e. The van der Waals surface area contributed by atoms with Crippen molar-refractivity contribution in [3.63, 3.8) is 0 Å². The van der Waals surface area contributed by atoms with Crippen molar-refractivity contribution < 1.29 is 13.9 Å². The summed E-state index contributed by atoms with van der Waals surface area (Å²) in [5.41, 5.74) is 1.87. The molecule has 0 spiro atoms. The first kappa shape index (κ1) is 23.6. The second-order valence-electron chi connectivity index (χ2n) is 8.08. The minimum atomic E-state index is -0.0358. The molecule has 1 aliphatic rings. The topological polar surface area (TPSA) is 67.6 Å². The smallest absolute Gasteiger partial charge is 0.220 e. The SMILES string of the molecule is COc1cccc(C(CNC(=O)CCc2ncc(-c3ccc(Cl)cc3Cl)o2)N2CCCC2)c1. The first-order valence-electron chi connectivity index (χ1n) is 11.1. The van der Waals surface area contributed by atoms with E-state index < -0.39 is 0 Å². The highest BCUT2D eigenvalue weighted by Crippen LogP contribution is 2.31. The van der Waals surface area contributed by atoms with Crippen LogP contribution in [-0.2, 0) is 11.2 Å². The molecular formula is C25H27Cl2N3O3. The summed E-state index contributed by atoms with van der Waals surface area (Å²) in [4.78, 5) is 19.3. The van der Waals surface area contributed by atoms with Gasteiger partial charge in [0.15, 0.2) is 11.7 Å². The molecule has 3 aromatic rings. The average Bonchev–Trinajstić information content (AvgIpc) is 3.51. The maximum absolute atomic E-state index is 12.6. The normalized spacial score (nSPS) is 14.9. The van der Waals surface area contributed by atoms with Crippen molar-refractivity contribution in [2.45, 2.75) is 31.7 Å². The van der Waals surface area contributed by atoms with Crippen LogP contribution in [0.25, 0.3) is 11.3 Å². The van der Waals surface area contributed by atoms with Gasteiger partial charge in [-0.15, -0.1) is 0 Å². The summed E-state index contributed by atoms with van der Waals surface area (Å²) in [6, 6.07) is 13.4. The van der Waals surface area contributed by atoms with Gasteiger partial charge in [0.2, 0.25) is 5.91 Å². The Morgan fingerprint density at radius 3 is 2.79 bits per heavy atom. The number of nitrogens with zero attached hydrogens (tertiary/aromatic N) is 2. The maximum atomic E-state index is 12.6. The average molecular weight is 488 g/mol. The zero-order valence-electron chi connectivity index (χ0n) is 18.5. The van der Waals surface area contributed by atoms with Gasteiger partial charge in [-0.2, -0.15) is 0 Å². The number of nitrogens with one attached hydrogen (secondary N) is 1. The highest BCUT2D eigenvalue weighted by atomic mass is 35.5. The predicted molar refractivity (Wildman–Crippen MR) is 130 cm³/mol. The Balaban J connectivity index is 1.34. The molecule has 1 aliphatic heterocycles. The van der Waals surface area contributed by atoms with Crippen LogP contribution >= 0.6 is 23.2 Å². The number of carbonyl (C=O) groups excluding carboxylic acids is 1. The van der Waals surface area contributed by atoms with E-state index in [1.165, 1.54) is 12.8 Å². The minimum absolute atomic E-state index is 0.0358. The van der Waals surface area contributed by atoms with Crippen molar-refractivity contribution in [3.8, 4) is 17.1 Å². The second-order valence-corrected chi connectivity index (χ2v) is 8.93. The molecule has 0 radical (unpaired) electrons. The van der Waals surface area contributed by atoms with Crippen LogP contribution in [0.2, 0.25) is 10.0 Å². The van der Waals surface area contributed by atoms with E-state index in [2.05, 4.69) is 21.3 Å². The number of aryl methyl sites for hydroxylation is 1. The molecule has 2 heterocycles. The summed E-state index contributed by atoms with van der Waals surface area (Å²) in [6.45, 7) is 2.61. The molecule has 1 aromatic heterocycles. The maximum Gasteiger partial charge on any atom is 0.220 e. The number of benzene rings is 2. The molecule has 1 atom stereocenters. The van der Waals surface area contributed by atoms with Gasteiger partial charge in [0.05, 0.1) is 24.4 Å². The third-order valence-electron chi connectivity index (χ3n) is 5.87. The summed E-state index contributed by atoms with van der Waals surface area (Å²) in [5, 5.41) is 4.14. The monoisotopic (exact) mass is 487 g/mol. The van der Waals surface area contributed by atoms with Crippen molar-refractivity contribution in [3.05, 3.63) is 70.2 Å². The number of carbonyl (C=O) groups is 1. The molecule has 8 heteroatoms. The fourth-order valence-corrected chi connectivity index (χ4v) is 4.62. The highest BCUT2D eigenvalue weighted by Gasteiger charge is 2.24. The van der Waals surface area contributed by atoms with Crippen molar-refractivity contribution >= 4 is 29.1 Å². The lowest BCUT2D eigenvalue weighted by Gasteiger charge is -2.28. The number of rotatable bonds is 9. The van der Waals surface area contributed by atoms with Crippen LogP contribution in [0.5, 0.6) is 5.75 Å². The van der Waals surface area contributed by atoms with Gasteiger partial charge in [-0.1, -0.05) is 35.3 Å². The highest BCUT2D eigenvalue weighted by molar-refractivity contribution is 6.36. The molecule has 1 saturated heterocycles. The molecule has 0 aliphatic carbocycles. The van der Waals surface area contributed by atoms with Gasteiger partial charge in [0.25, 0.3) is 0 Å². The fourth-order valence-electron chi connectivity index (χ4n) is 4.12. The Labute approximate surface area is 203 Å². The Morgan fingerprint density at radius 1 is 1.21 bits per heavy atom. The van der Waals surface area contributed by atoms with Crippen LogP contribution in [0.1, 0.15) is 36.8 Å². The molecule has 1 amide bonds. The number of ether oxygens (including phenoxy) is 1. The summed E-state index contributed by atoms with van der Waals surface area (Å²) >= 11 is 12.2. The lowest BCUT2D eigenvalue weighted by Crippen LogP contribution is -2.36. The van der Waals surface area contributed by atoms with Gasteiger partial charge in [0, 0.05) is 30.0 Å². The van der Waals surface area contributed by atoms with Crippen LogP contribution in [0.15, 0.2) is 53.1 Å². The first-order chi connectivity index (χ1) is 16.0. The van der Waals surface area contributed by atoms with Crippen LogP contribution in [0.3, 0.4) is 0 Å². The standard InChI is InChI=1S/C25H27Cl2N3O3/c1-32-19-6-4-5-17(13-19)22(30-11-2-3-12-30)15-28-24(31)9-10-25-29-16-23(33-25)20-8-7-18(26)14-21(20)27/h4-8,13-14,16,22H,2-3,9-12,15H2,1H3,(H,28,31). The van der Waals surface area contributed by atoms with Crippen LogP contribution in [0, 0.1) is 0 Å². The van der Waals surface area contributed by atoms with Gasteiger partial charge >= 0.3 is 0 Å². The summed E-state index contributed by atoms with van der Waals surface area (Å²) in [5.74, 6) is 1.84. The van der Waals surface area contributed by atoms with E-state index in [-0.39, 0.29) is 11.9 Å². The van der Waals surface area contributed by atoms with E-state index in [1.54, 1.807) is 31.5 Å². The number of halogens is 2. The lowest BCUT2D eigenvalue weighted by atomic mass is 10.0. The first-order valence-corrected chi connectivity index (χ1v) is 11.8. The predicted octanol–water partition coefficient (Wildman–Crippen LogP) is 5.54. The molecule has 6 nitrogen and oxygen atoms in total. The molecule has 4 rings (SSSR count). The number of hydrogen-bond acceptors (Lipinski definition) is 5. The van der Waals surface area contributed by atoms with Crippen LogP contribution in [0.4, 0.5) is 0 Å². The quantitative estimate of drug-likeness (QED) is 0.428. The molecule has 0 bridgehead atoms. The second kappa shape index (κ2) is 11.1. The van der Waals surface area contributed by atoms with Crippen LogP contribution in [-0.4, -0.2) is 42.5 Å². The summed E-state index contributed by atoms with van der Waals surface area (Å²) in [6.07, 6.45) is 4.68. The van der Waals surface area contributed by atoms with Gasteiger partial charge in [-0.3, -0.25) is 9.69 Å². The number of hydrogen-bond donors (Lipinski definition) is 1. The summed E-state index contributed by atoms with van der Waals surface area (Å²) < 4.78 is 11.2. The van der Waals surface area contributed by atoms with Crippen molar-refractivity contribution in [2.24, 2.45) is 0 Å². The Morgan fingerprint density at radius 2 is 2.03 bits per heavy atom. The summed E-state index contributed by atoms with van der Waals surface area (Å²) in [7, 11) is 1.67. The molecule has 174 valence electrons. The number of oxazole rings is 1. The Kier molecular flexibility index (Phi) is 7.91. The van der Waals surface area contributed by atoms with Crippen LogP contribution < -0.4 is 10.1 Å². The Bertz CT molecular complexity index is 1100. The van der Waals surface area contributed by atoms with E-state index in [4.69, 9.17) is 32.4 Å². The van der Waals surface area contributed by atoms with E-state index in [0.717, 1.165) is 30.0 Å². The van der Waals surface area contributed by atoms with E-state index in [1.807, 2.05) is 18.2 Å². The van der Waals surface area contributed by atoms with E-state index in [9.17, 15) is 4.79 Å². The third-order valence-corrected chi connectivity index (χ3v) is 6.42. The van der Waals surface area contributed by atoms with Crippen molar-refractivity contribution in [1.29, 1.82) is 0 Å². The van der Waals surface area contributed by atoms with Crippen molar-refractivity contribution in [1.82, 2.24) is 15.2 Å². The number of amides is 1. The molecular weight excluding hydrogens is 461 g/mol. The lowest BCUT2D eigenvalue weighted by molar-refractivity contribution is -0.121. The fraction of sp³-hybridized carbons (Fsp3) is 0.360. The Hall–Kier alpha value is -2.54. The number of methoxy groups -OCH3 is 1. The molecule has 1 N–H and O–H groups in total. The third kappa shape index (κ3) is 6.08. The molecule has 1 unspecified atom stereocenters. The van der Waals surface area contributed by atoms with Gasteiger partial charge in [-0.25, -0.2) is 4.98 Å². The van der Waals surface area contributed by atoms with Gasteiger partial charge in [0.1, 0.15) is 5.75 Å². The van der Waals surface area contributed by atoms with Gasteiger partial charge < -0.3 is 14.5 Å². The van der Waals surface area contributed by atoms with E-state index in [0.29, 0.717) is 41.1 Å². The molecule has 0 saturated carbocycles. The number of aromatic nitrogens is 1. The zero-order valence-corrected chi connectivity index (χ0v) is 20.0. The number of likely N-dealkylation sites (tertiary alicyclic amines) is 1. The molecule has 1 fully saturated rings. The van der Waals surface area contributed by atoms with E-state index >= 15 is 0 Å². The molecule has 33 heavy (non-hydrogen) atoms.